The second kappa shape index (κ2) is 6.92. The van der Waals surface area contributed by atoms with Gasteiger partial charge in [-0.1, -0.05) is 0 Å². The van der Waals surface area contributed by atoms with Crippen molar-refractivity contribution < 1.29 is 19.7 Å². The van der Waals surface area contributed by atoms with Crippen molar-refractivity contribution in [3.8, 4) is 0 Å². The number of nitrogens with one attached hydrogen (secondary N) is 1. The molecule has 14 heavy (non-hydrogen) atoms. The Labute approximate surface area is 87.8 Å². The van der Waals surface area contributed by atoms with Crippen LogP contribution in [0, 0.1) is 0 Å². The van der Waals surface area contributed by atoms with Crippen molar-refractivity contribution in [3.05, 3.63) is 0 Å². The summed E-state index contributed by atoms with van der Waals surface area (Å²) in [5.74, 6) is 0.535. The first kappa shape index (κ1) is 13.5. The van der Waals surface area contributed by atoms with Gasteiger partial charge in [0.1, 0.15) is 6.61 Å². The van der Waals surface area contributed by atoms with Crippen molar-refractivity contribution >= 4 is 17.9 Å². The molecule has 0 saturated heterocycles. The van der Waals surface area contributed by atoms with Crippen LogP contribution in [-0.4, -0.2) is 53.7 Å². The molecule has 0 aliphatic rings. The van der Waals surface area contributed by atoms with Crippen LogP contribution >= 0.6 is 11.8 Å². The van der Waals surface area contributed by atoms with Crippen molar-refractivity contribution in [1.29, 1.82) is 0 Å². The van der Waals surface area contributed by atoms with Crippen LogP contribution in [0.2, 0.25) is 0 Å². The first-order valence-corrected chi connectivity index (χ1v) is 5.64. The lowest BCUT2D eigenvalue weighted by Gasteiger charge is -2.22. The van der Waals surface area contributed by atoms with Gasteiger partial charge in [-0.25, -0.2) is 4.79 Å². The molecule has 3 N–H and O–H groups in total. The second-order valence-electron chi connectivity index (χ2n) is 3.14. The third kappa shape index (κ3) is 6.99. The predicted molar refractivity (Wildman–Crippen MR) is 55.4 cm³/mol. The summed E-state index contributed by atoms with van der Waals surface area (Å²) in [6.07, 6.45) is 1.25. The van der Waals surface area contributed by atoms with Gasteiger partial charge < -0.3 is 20.3 Å². The lowest BCUT2D eigenvalue weighted by atomic mass is 10.1. The van der Waals surface area contributed by atoms with E-state index in [0.717, 1.165) is 0 Å². The summed E-state index contributed by atoms with van der Waals surface area (Å²) in [6, 6.07) is 0. The first-order valence-electron chi connectivity index (χ1n) is 4.24. The summed E-state index contributed by atoms with van der Waals surface area (Å²) in [4.78, 5) is 10.9. The molecule has 0 saturated carbocycles. The molecule has 0 aromatic heterocycles. The smallest absolute Gasteiger partial charge is 0.407 e. The van der Waals surface area contributed by atoms with Crippen LogP contribution in [0.15, 0.2) is 0 Å². The fraction of sp³-hybridized carbons (Fsp3) is 0.875. The minimum atomic E-state index is -0.933. The van der Waals surface area contributed by atoms with E-state index in [4.69, 9.17) is 5.11 Å². The van der Waals surface area contributed by atoms with E-state index in [9.17, 15) is 9.90 Å². The molecular weight excluding hydrogens is 206 g/mol. The highest BCUT2D eigenvalue weighted by Gasteiger charge is 2.20. The van der Waals surface area contributed by atoms with Gasteiger partial charge in [-0.15, -0.1) is 0 Å². The van der Waals surface area contributed by atoms with Gasteiger partial charge >= 0.3 is 6.09 Å². The number of amides is 1. The Hall–Kier alpha value is -0.460. The molecule has 0 spiro atoms. The lowest BCUT2D eigenvalue weighted by Crippen LogP contribution is -2.42. The van der Waals surface area contributed by atoms with E-state index in [2.05, 4.69) is 10.1 Å². The number of aliphatic hydroxyl groups excluding tert-OH is 1. The average Bonchev–Trinajstić information content (AvgIpc) is 2.11. The van der Waals surface area contributed by atoms with Gasteiger partial charge in [-0.3, -0.25) is 0 Å². The molecule has 0 aromatic rings. The van der Waals surface area contributed by atoms with E-state index < -0.39 is 11.7 Å². The van der Waals surface area contributed by atoms with E-state index in [1.54, 1.807) is 6.92 Å². The minimum Gasteiger partial charge on any atom is -0.447 e. The summed E-state index contributed by atoms with van der Waals surface area (Å²) in [7, 11) is 0. The normalized spacial score (nSPS) is 14.6. The number of rotatable bonds is 6. The van der Waals surface area contributed by atoms with E-state index in [1.165, 1.54) is 11.8 Å². The third-order valence-corrected chi connectivity index (χ3v) is 2.30. The molecule has 0 aliphatic heterocycles. The Morgan fingerprint density at radius 2 is 2.29 bits per heavy atom. The summed E-state index contributed by atoms with van der Waals surface area (Å²) < 4.78 is 4.55. The Balaban J connectivity index is 3.64. The average molecular weight is 223 g/mol. The molecule has 0 radical (unpaired) electrons. The standard InChI is InChI=1S/C8H17NO4S/c1-8(12,6-14-2)5-9-7(11)13-4-3-10/h10,12H,3-6H2,1-2H3,(H,9,11). The number of aliphatic hydroxyl groups is 2. The molecule has 0 aromatic carbocycles. The summed E-state index contributed by atoms with van der Waals surface area (Å²) in [6.45, 7) is 1.54. The Bertz CT molecular complexity index is 175. The number of alkyl carbamates (subject to hydrolysis) is 1. The van der Waals surface area contributed by atoms with E-state index in [1.807, 2.05) is 6.26 Å². The van der Waals surface area contributed by atoms with Crippen molar-refractivity contribution in [3.63, 3.8) is 0 Å². The first-order chi connectivity index (χ1) is 6.52. The molecule has 1 atom stereocenters. The highest BCUT2D eigenvalue weighted by Crippen LogP contribution is 2.08. The molecule has 0 bridgehead atoms. The quantitative estimate of drug-likeness (QED) is 0.582. The summed E-state index contributed by atoms with van der Waals surface area (Å²) in [5, 5.41) is 20.4. The maximum Gasteiger partial charge on any atom is 0.407 e. The number of carbonyl (C=O) groups excluding carboxylic acids is 1. The second-order valence-corrected chi connectivity index (χ2v) is 4.01. The predicted octanol–water partition coefficient (Wildman–Crippen LogP) is -0.181. The van der Waals surface area contributed by atoms with Gasteiger partial charge in [0, 0.05) is 5.75 Å². The van der Waals surface area contributed by atoms with E-state index >= 15 is 0 Å². The zero-order valence-electron chi connectivity index (χ0n) is 8.45. The van der Waals surface area contributed by atoms with Crippen LogP contribution < -0.4 is 5.32 Å². The highest BCUT2D eigenvalue weighted by molar-refractivity contribution is 7.98. The molecule has 0 fully saturated rings. The molecule has 0 rings (SSSR count). The molecule has 0 heterocycles. The molecule has 5 nitrogen and oxygen atoms in total. The zero-order chi connectivity index (χ0) is 11.0. The van der Waals surface area contributed by atoms with Crippen LogP contribution in [0.1, 0.15) is 6.92 Å². The van der Waals surface area contributed by atoms with E-state index in [-0.39, 0.29) is 19.8 Å². The Morgan fingerprint density at radius 3 is 2.79 bits per heavy atom. The lowest BCUT2D eigenvalue weighted by molar-refractivity contribution is 0.0749. The molecule has 1 unspecified atom stereocenters. The summed E-state index contributed by atoms with van der Waals surface area (Å²) >= 11 is 1.50. The molecule has 1 amide bonds. The van der Waals surface area contributed by atoms with Crippen molar-refractivity contribution in [2.75, 3.05) is 31.8 Å². The third-order valence-electron chi connectivity index (χ3n) is 1.39. The van der Waals surface area contributed by atoms with E-state index in [0.29, 0.717) is 5.75 Å². The zero-order valence-corrected chi connectivity index (χ0v) is 9.26. The van der Waals surface area contributed by atoms with Gasteiger partial charge in [0.05, 0.1) is 18.8 Å². The number of hydrogen-bond donors (Lipinski definition) is 3. The number of ether oxygens (including phenoxy) is 1. The van der Waals surface area contributed by atoms with Crippen LogP contribution in [0.25, 0.3) is 0 Å². The molecule has 6 heteroatoms. The maximum absolute atomic E-state index is 10.9. The highest BCUT2D eigenvalue weighted by atomic mass is 32.2. The number of thioether (sulfide) groups is 1. The van der Waals surface area contributed by atoms with Gasteiger partial charge in [-0.05, 0) is 13.2 Å². The van der Waals surface area contributed by atoms with Crippen molar-refractivity contribution in [1.82, 2.24) is 5.32 Å². The largest absolute Gasteiger partial charge is 0.447 e. The molecular formula is C8H17NO4S. The number of carbonyl (C=O) groups is 1. The maximum atomic E-state index is 10.9. The van der Waals surface area contributed by atoms with Crippen LogP contribution in [-0.2, 0) is 4.74 Å². The molecule has 0 aliphatic carbocycles. The van der Waals surface area contributed by atoms with Gasteiger partial charge in [0.2, 0.25) is 0 Å². The Morgan fingerprint density at radius 1 is 1.64 bits per heavy atom. The monoisotopic (exact) mass is 223 g/mol. The van der Waals surface area contributed by atoms with Crippen LogP contribution in [0.4, 0.5) is 4.79 Å². The SMILES string of the molecule is CSCC(C)(O)CNC(=O)OCCO. The van der Waals surface area contributed by atoms with Gasteiger partial charge in [0.15, 0.2) is 0 Å². The van der Waals surface area contributed by atoms with Gasteiger partial charge in [0.25, 0.3) is 0 Å². The summed E-state index contributed by atoms with van der Waals surface area (Å²) in [5.41, 5.74) is -0.933. The minimum absolute atomic E-state index is 0.0312. The fourth-order valence-corrected chi connectivity index (χ4v) is 1.54. The molecule has 84 valence electrons. The Kier molecular flexibility index (Phi) is 6.69. The van der Waals surface area contributed by atoms with Crippen molar-refractivity contribution in [2.45, 2.75) is 12.5 Å². The topological polar surface area (TPSA) is 78.8 Å². The van der Waals surface area contributed by atoms with Crippen LogP contribution in [0.3, 0.4) is 0 Å². The fourth-order valence-electron chi connectivity index (χ4n) is 0.814. The van der Waals surface area contributed by atoms with Gasteiger partial charge in [-0.2, -0.15) is 11.8 Å². The van der Waals surface area contributed by atoms with Crippen molar-refractivity contribution in [2.24, 2.45) is 0 Å². The number of hydrogen-bond acceptors (Lipinski definition) is 5. The van der Waals surface area contributed by atoms with Crippen LogP contribution in [0.5, 0.6) is 0 Å².